The largest absolute Gasteiger partial charge is 0.456 e. The van der Waals surface area contributed by atoms with E-state index in [1.807, 2.05) is 6.08 Å². The van der Waals surface area contributed by atoms with E-state index in [-0.39, 0.29) is 11.3 Å². The lowest BCUT2D eigenvalue weighted by atomic mass is 9.81. The van der Waals surface area contributed by atoms with Crippen molar-refractivity contribution in [1.29, 1.82) is 0 Å². The Bertz CT molecular complexity index is 3030. The Hall–Kier alpha value is -6.12. The number of aromatic nitrogens is 1. The Morgan fingerprint density at radius 2 is 1.62 bits per heavy atom. The van der Waals surface area contributed by atoms with Gasteiger partial charge in [-0.25, -0.2) is 0 Å². The van der Waals surface area contributed by atoms with Gasteiger partial charge in [0.15, 0.2) is 0 Å². The molecule has 0 aliphatic heterocycles. The van der Waals surface area contributed by atoms with Crippen molar-refractivity contribution in [2.24, 2.45) is 0 Å². The maximum atomic E-state index is 6.30. The zero-order chi connectivity index (χ0) is 39.9. The minimum Gasteiger partial charge on any atom is -0.456 e. The zero-order valence-electron chi connectivity index (χ0n) is 34.7. The molecule has 0 N–H and O–H groups in total. The fraction of sp³-hybridized carbons (Fsp3) is 0.214. The van der Waals surface area contributed by atoms with Crippen LogP contribution in [0.15, 0.2) is 144 Å². The van der Waals surface area contributed by atoms with Crippen LogP contribution in [-0.2, 0) is 11.8 Å². The molecule has 2 nitrogen and oxygen atoms in total. The second-order valence-corrected chi connectivity index (χ2v) is 17.0. The van der Waals surface area contributed by atoms with Crippen LogP contribution in [0, 0.1) is 0 Å². The monoisotopic (exact) mass is 753 g/mol. The van der Waals surface area contributed by atoms with E-state index in [1.165, 1.54) is 94.3 Å². The molecular weight excluding hydrogens is 703 g/mol. The van der Waals surface area contributed by atoms with Gasteiger partial charge < -0.3 is 8.98 Å². The van der Waals surface area contributed by atoms with Gasteiger partial charge in [-0.1, -0.05) is 113 Å². The number of fused-ring (bicyclic) bond motifs is 10. The second kappa shape index (κ2) is 13.8. The Morgan fingerprint density at radius 3 is 2.40 bits per heavy atom. The smallest absolute Gasteiger partial charge is 0.135 e. The minimum absolute atomic E-state index is 0.110. The Morgan fingerprint density at radius 1 is 0.862 bits per heavy atom. The summed E-state index contributed by atoms with van der Waals surface area (Å²) in [5.41, 5.74) is 22.2. The summed E-state index contributed by atoms with van der Waals surface area (Å²) in [4.78, 5) is 0. The SMILES string of the molecule is C=Cc1oc2ccc(-c3ccc4c(c3)c3cc(C(/C=C\CC)=C/C)ccc3n4-c3ccc4c(c3)C(C)(C)c3ccc5c(c3-4)CC3=C5CCC=C3)cc2c1C(C)/C=C\C. The van der Waals surface area contributed by atoms with Crippen LogP contribution in [0.25, 0.3) is 77.9 Å². The number of hydrogen-bond acceptors (Lipinski definition) is 1. The average molecular weight is 754 g/mol. The highest BCUT2D eigenvalue weighted by atomic mass is 16.3. The van der Waals surface area contributed by atoms with Crippen LogP contribution in [0.3, 0.4) is 0 Å². The molecule has 0 saturated carbocycles. The first kappa shape index (κ1) is 36.2. The first-order valence-electron chi connectivity index (χ1n) is 21.2. The van der Waals surface area contributed by atoms with Gasteiger partial charge in [-0.3, -0.25) is 0 Å². The Kier molecular flexibility index (Phi) is 8.60. The van der Waals surface area contributed by atoms with Crippen LogP contribution in [-0.4, -0.2) is 4.57 Å². The van der Waals surface area contributed by atoms with Crippen LogP contribution in [0.4, 0.5) is 0 Å². The average Bonchev–Trinajstić information content (AvgIpc) is 3.97. The minimum atomic E-state index is -0.110. The van der Waals surface area contributed by atoms with Crippen LogP contribution in [0.2, 0.25) is 0 Å². The molecule has 0 spiro atoms. The van der Waals surface area contributed by atoms with Crippen LogP contribution in [0.5, 0.6) is 0 Å². The summed E-state index contributed by atoms with van der Waals surface area (Å²) in [6.45, 7) is 17.5. The molecule has 1 atom stereocenters. The second-order valence-electron chi connectivity index (χ2n) is 17.0. The third-order valence-electron chi connectivity index (χ3n) is 13.3. The predicted octanol–water partition coefficient (Wildman–Crippen LogP) is 15.9. The van der Waals surface area contributed by atoms with Crippen molar-refractivity contribution in [3.8, 4) is 27.9 Å². The number of furan rings is 1. The number of allylic oxidation sites excluding steroid dienone is 10. The highest BCUT2D eigenvalue weighted by Gasteiger charge is 2.39. The molecule has 1 unspecified atom stereocenters. The van der Waals surface area contributed by atoms with Gasteiger partial charge in [0, 0.05) is 38.7 Å². The molecular formula is C56H51NO. The van der Waals surface area contributed by atoms with Gasteiger partial charge in [-0.15, -0.1) is 0 Å². The standard InChI is InChI=1S/C56H51NO/c1-8-12-16-35(10-3)36-19-26-50-44(29-36)45-30-37(38-21-28-53-47(31-38)54(34(5)15-9-2)52(11-4)58-53)20-27-51(45)57(50)40-22-23-43-49(33-40)56(6,7)48-25-24-42-41-18-14-13-17-39(41)32-46(42)55(43)48/h9-13,15-17,19-31,33-34H,4,8,14,18,32H2,1-3,5-7H3/b15-9-,16-12-,35-10+. The molecule has 58 heavy (non-hydrogen) atoms. The molecule has 286 valence electrons. The van der Waals surface area contributed by atoms with Crippen LogP contribution < -0.4 is 0 Å². The fourth-order valence-electron chi connectivity index (χ4n) is 10.5. The van der Waals surface area contributed by atoms with Gasteiger partial charge in [0.25, 0.3) is 0 Å². The summed E-state index contributed by atoms with van der Waals surface area (Å²) in [7, 11) is 0. The van der Waals surface area contributed by atoms with Crippen molar-refractivity contribution in [2.45, 2.75) is 78.6 Å². The summed E-state index contributed by atoms with van der Waals surface area (Å²) in [6, 6.07) is 32.8. The summed E-state index contributed by atoms with van der Waals surface area (Å²) in [5, 5.41) is 3.64. The van der Waals surface area contributed by atoms with E-state index >= 15 is 0 Å². The highest BCUT2D eigenvalue weighted by molar-refractivity contribution is 6.12. The van der Waals surface area contributed by atoms with E-state index in [0.717, 1.165) is 42.4 Å². The van der Waals surface area contributed by atoms with Gasteiger partial charge in [-0.2, -0.15) is 0 Å². The van der Waals surface area contributed by atoms with Gasteiger partial charge in [0.05, 0.1) is 11.0 Å². The molecule has 2 aromatic heterocycles. The van der Waals surface area contributed by atoms with Crippen molar-refractivity contribution in [2.75, 3.05) is 0 Å². The molecule has 5 aromatic carbocycles. The molecule has 7 aromatic rings. The molecule has 0 fully saturated rings. The normalized spacial score (nSPS) is 16.3. The van der Waals surface area contributed by atoms with Crippen LogP contribution >= 0.6 is 0 Å². The molecule has 0 radical (unpaired) electrons. The summed E-state index contributed by atoms with van der Waals surface area (Å²) >= 11 is 0. The topological polar surface area (TPSA) is 18.1 Å². The van der Waals surface area contributed by atoms with Gasteiger partial charge in [-0.05, 0) is 161 Å². The van der Waals surface area contributed by atoms with Gasteiger partial charge >= 0.3 is 0 Å². The van der Waals surface area contributed by atoms with E-state index < -0.39 is 0 Å². The molecule has 2 heteroatoms. The van der Waals surface area contributed by atoms with Crippen molar-refractivity contribution in [3.05, 3.63) is 179 Å². The molecule has 0 bridgehead atoms. The first-order valence-corrected chi connectivity index (χ1v) is 21.2. The molecule has 2 heterocycles. The predicted molar refractivity (Wildman–Crippen MR) is 249 cm³/mol. The summed E-state index contributed by atoms with van der Waals surface area (Å²) < 4.78 is 8.80. The summed E-state index contributed by atoms with van der Waals surface area (Å²) in [6.07, 6.45) is 22.0. The molecule has 10 rings (SSSR count). The number of benzene rings is 5. The lowest BCUT2D eigenvalue weighted by Crippen LogP contribution is -2.15. The van der Waals surface area contributed by atoms with E-state index in [2.05, 4.69) is 180 Å². The van der Waals surface area contributed by atoms with Crippen LogP contribution in [0.1, 0.15) is 106 Å². The third kappa shape index (κ3) is 5.38. The molecule has 3 aliphatic rings. The summed E-state index contributed by atoms with van der Waals surface area (Å²) in [5.74, 6) is 1.06. The third-order valence-corrected chi connectivity index (χ3v) is 13.3. The van der Waals surface area contributed by atoms with E-state index in [1.54, 1.807) is 5.57 Å². The van der Waals surface area contributed by atoms with Crippen molar-refractivity contribution in [1.82, 2.24) is 4.57 Å². The maximum absolute atomic E-state index is 6.30. The highest BCUT2D eigenvalue weighted by Crippen LogP contribution is 2.55. The maximum Gasteiger partial charge on any atom is 0.135 e. The quantitative estimate of drug-likeness (QED) is 0.112. The first-order chi connectivity index (χ1) is 28.2. The Labute approximate surface area is 342 Å². The van der Waals surface area contributed by atoms with Crippen molar-refractivity contribution in [3.63, 3.8) is 0 Å². The molecule has 0 amide bonds. The molecule has 3 aliphatic carbocycles. The van der Waals surface area contributed by atoms with E-state index in [4.69, 9.17) is 4.42 Å². The number of nitrogens with zero attached hydrogens (tertiary/aromatic N) is 1. The fourth-order valence-corrected chi connectivity index (χ4v) is 10.5. The van der Waals surface area contributed by atoms with Crippen molar-refractivity contribution < 1.29 is 4.42 Å². The zero-order valence-corrected chi connectivity index (χ0v) is 34.7. The van der Waals surface area contributed by atoms with E-state index in [9.17, 15) is 0 Å². The molecule has 0 saturated heterocycles. The van der Waals surface area contributed by atoms with Gasteiger partial charge in [0.2, 0.25) is 0 Å². The lowest BCUT2D eigenvalue weighted by Gasteiger charge is -2.23. The van der Waals surface area contributed by atoms with E-state index in [0.29, 0.717) is 0 Å². The lowest BCUT2D eigenvalue weighted by molar-refractivity contribution is 0.597. The number of rotatable bonds is 8. The van der Waals surface area contributed by atoms with Crippen molar-refractivity contribution >= 4 is 50.0 Å². The van der Waals surface area contributed by atoms with Gasteiger partial charge in [0.1, 0.15) is 11.3 Å². The Balaban J connectivity index is 1.16. The number of hydrogen-bond donors (Lipinski definition) is 0.